The number of aromatic nitrogens is 1. The Morgan fingerprint density at radius 2 is 1.23 bits per heavy atom. The van der Waals surface area contributed by atoms with Gasteiger partial charge in [-0.05, 0) is 13.8 Å². The third-order valence-electron chi connectivity index (χ3n) is 1.32. The van der Waals surface area contributed by atoms with Crippen LogP contribution in [0.3, 0.4) is 0 Å². The smallest absolute Gasteiger partial charge is 0.187 e. The largest absolute Gasteiger partial charge is 0.367 e. The van der Waals surface area contributed by atoms with E-state index in [9.17, 15) is 4.79 Å². The van der Waals surface area contributed by atoms with Gasteiger partial charge in [-0.15, -0.1) is 0 Å². The van der Waals surface area contributed by atoms with E-state index in [-0.39, 0.29) is 5.43 Å². The van der Waals surface area contributed by atoms with E-state index in [2.05, 4.69) is 4.98 Å². The maximum atomic E-state index is 10.9. The molecule has 13 heavy (non-hydrogen) atoms. The average molecular weight is 183 g/mol. The van der Waals surface area contributed by atoms with Crippen LogP contribution in [0.2, 0.25) is 0 Å². The van der Waals surface area contributed by atoms with E-state index in [1.165, 1.54) is 0 Å². The molecule has 2 heteroatoms. The van der Waals surface area contributed by atoms with Crippen LogP contribution in [0.4, 0.5) is 0 Å². The van der Waals surface area contributed by atoms with Crippen LogP contribution in [-0.4, -0.2) is 4.98 Å². The van der Waals surface area contributed by atoms with Gasteiger partial charge in [-0.25, -0.2) is 0 Å². The van der Waals surface area contributed by atoms with Gasteiger partial charge in [0.25, 0.3) is 0 Å². The van der Waals surface area contributed by atoms with Crippen molar-refractivity contribution in [2.24, 2.45) is 0 Å². The zero-order valence-electron chi connectivity index (χ0n) is 9.56. The fraction of sp³-hybridized carbons (Fsp3) is 0.545. The van der Waals surface area contributed by atoms with E-state index in [4.69, 9.17) is 0 Å². The Labute approximate surface area is 81.0 Å². The predicted octanol–water partition coefficient (Wildman–Crippen LogP) is 3.04. The number of H-pyrrole nitrogens is 1. The Morgan fingerprint density at radius 3 is 1.46 bits per heavy atom. The minimum Gasteiger partial charge on any atom is -0.367 e. The second kappa shape index (κ2) is 9.04. The van der Waals surface area contributed by atoms with Crippen molar-refractivity contribution in [2.75, 3.05) is 0 Å². The lowest BCUT2D eigenvalue weighted by molar-refractivity contribution is 1.18. The van der Waals surface area contributed by atoms with Gasteiger partial charge >= 0.3 is 0 Å². The number of pyridine rings is 1. The third kappa shape index (κ3) is 5.23. The summed E-state index contributed by atoms with van der Waals surface area (Å²) in [6.07, 6.45) is 3.41. The number of rotatable bonds is 0. The molecule has 0 aliphatic heterocycles. The molecule has 0 aliphatic carbocycles. The molecule has 0 amide bonds. The number of aromatic amines is 1. The molecule has 2 nitrogen and oxygen atoms in total. The third-order valence-corrected chi connectivity index (χ3v) is 1.32. The van der Waals surface area contributed by atoms with Crippen LogP contribution >= 0.6 is 0 Å². The fourth-order valence-corrected chi connectivity index (χ4v) is 0.734. The molecule has 0 aliphatic rings. The van der Waals surface area contributed by atoms with Crippen LogP contribution in [0.25, 0.3) is 0 Å². The lowest BCUT2D eigenvalue weighted by atomic mass is 10.2. The van der Waals surface area contributed by atoms with Crippen molar-refractivity contribution in [3.05, 3.63) is 33.7 Å². The normalized spacial score (nSPS) is 7.54. The first-order valence-corrected chi connectivity index (χ1v) is 4.86. The summed E-state index contributed by atoms with van der Waals surface area (Å²) in [5, 5.41) is 0. The van der Waals surface area contributed by atoms with Gasteiger partial charge in [-0.2, -0.15) is 0 Å². The SMILES string of the molecule is CC.CC.Cc1c[nH]cc(C)c1=O. The van der Waals surface area contributed by atoms with Crippen molar-refractivity contribution in [1.82, 2.24) is 4.98 Å². The summed E-state index contributed by atoms with van der Waals surface area (Å²) in [4.78, 5) is 13.8. The summed E-state index contributed by atoms with van der Waals surface area (Å²) in [5.74, 6) is 0. The van der Waals surface area contributed by atoms with Crippen LogP contribution in [0, 0.1) is 13.8 Å². The second-order valence-electron chi connectivity index (χ2n) is 2.15. The zero-order valence-corrected chi connectivity index (χ0v) is 9.56. The van der Waals surface area contributed by atoms with Crippen LogP contribution in [0.1, 0.15) is 38.8 Å². The molecule has 1 rings (SSSR count). The first kappa shape index (κ1) is 14.5. The number of hydrogen-bond acceptors (Lipinski definition) is 1. The van der Waals surface area contributed by atoms with Crippen molar-refractivity contribution >= 4 is 0 Å². The van der Waals surface area contributed by atoms with Gasteiger partial charge < -0.3 is 4.98 Å². The van der Waals surface area contributed by atoms with Gasteiger partial charge in [0.2, 0.25) is 0 Å². The monoisotopic (exact) mass is 183 g/mol. The van der Waals surface area contributed by atoms with E-state index in [1.807, 2.05) is 27.7 Å². The molecule has 1 heterocycles. The van der Waals surface area contributed by atoms with Crippen LogP contribution in [-0.2, 0) is 0 Å². The highest BCUT2D eigenvalue weighted by Gasteiger charge is 1.92. The van der Waals surface area contributed by atoms with Crippen molar-refractivity contribution in [2.45, 2.75) is 41.5 Å². The molecular formula is C11H21NO. The lowest BCUT2D eigenvalue weighted by Crippen LogP contribution is -2.07. The maximum absolute atomic E-state index is 10.9. The topological polar surface area (TPSA) is 32.9 Å². The summed E-state index contributed by atoms with van der Waals surface area (Å²) < 4.78 is 0. The van der Waals surface area contributed by atoms with Crippen molar-refractivity contribution < 1.29 is 0 Å². The molecule has 76 valence electrons. The number of aryl methyl sites for hydroxylation is 2. The van der Waals surface area contributed by atoms with Crippen molar-refractivity contribution in [3.63, 3.8) is 0 Å². The Bertz CT molecular complexity index is 240. The molecular weight excluding hydrogens is 162 g/mol. The van der Waals surface area contributed by atoms with E-state index >= 15 is 0 Å². The highest BCUT2D eigenvalue weighted by atomic mass is 16.1. The Hall–Kier alpha value is -1.05. The van der Waals surface area contributed by atoms with E-state index in [0.717, 1.165) is 11.1 Å². The van der Waals surface area contributed by atoms with E-state index in [1.54, 1.807) is 26.2 Å². The Kier molecular flexibility index (Phi) is 10.1. The van der Waals surface area contributed by atoms with Gasteiger partial charge in [-0.1, -0.05) is 27.7 Å². The molecule has 0 saturated heterocycles. The Balaban J connectivity index is 0. The van der Waals surface area contributed by atoms with Gasteiger partial charge in [0.05, 0.1) is 0 Å². The van der Waals surface area contributed by atoms with Crippen molar-refractivity contribution in [1.29, 1.82) is 0 Å². The average Bonchev–Trinajstić information content (AvgIpc) is 2.20. The van der Waals surface area contributed by atoms with E-state index < -0.39 is 0 Å². The first-order valence-electron chi connectivity index (χ1n) is 4.86. The highest BCUT2D eigenvalue weighted by Crippen LogP contribution is 1.87. The molecule has 1 N–H and O–H groups in total. The van der Waals surface area contributed by atoms with E-state index in [0.29, 0.717) is 0 Å². The van der Waals surface area contributed by atoms with Crippen LogP contribution < -0.4 is 5.43 Å². The zero-order chi connectivity index (χ0) is 10.9. The van der Waals surface area contributed by atoms with Crippen LogP contribution in [0.5, 0.6) is 0 Å². The standard InChI is InChI=1S/C7H9NO.2C2H6/c1-5-3-8-4-6(2)7(5)9;2*1-2/h3-4H,1-2H3,(H,8,9);2*1-2H3. The molecule has 0 bridgehead atoms. The van der Waals surface area contributed by atoms with Gasteiger partial charge in [-0.3, -0.25) is 4.79 Å². The second-order valence-corrected chi connectivity index (χ2v) is 2.15. The molecule has 0 aromatic carbocycles. The fourth-order valence-electron chi connectivity index (χ4n) is 0.734. The first-order chi connectivity index (χ1) is 6.22. The summed E-state index contributed by atoms with van der Waals surface area (Å²) in [5.41, 5.74) is 1.68. The minimum atomic E-state index is 0.133. The number of hydrogen-bond donors (Lipinski definition) is 1. The molecule has 0 spiro atoms. The molecule has 0 saturated carbocycles. The minimum absolute atomic E-state index is 0.133. The summed E-state index contributed by atoms with van der Waals surface area (Å²) in [7, 11) is 0. The highest BCUT2D eigenvalue weighted by molar-refractivity contribution is 5.14. The molecule has 0 fully saturated rings. The van der Waals surface area contributed by atoms with Gasteiger partial charge in [0.1, 0.15) is 0 Å². The Morgan fingerprint density at radius 1 is 0.923 bits per heavy atom. The van der Waals surface area contributed by atoms with Gasteiger partial charge in [0, 0.05) is 23.5 Å². The quantitative estimate of drug-likeness (QED) is 0.659. The molecule has 0 atom stereocenters. The molecule has 0 unspecified atom stereocenters. The lowest BCUT2D eigenvalue weighted by Gasteiger charge is -1.90. The molecule has 1 aromatic rings. The maximum Gasteiger partial charge on any atom is 0.187 e. The van der Waals surface area contributed by atoms with Gasteiger partial charge in [0.15, 0.2) is 5.43 Å². The molecule has 1 aromatic heterocycles. The summed E-state index contributed by atoms with van der Waals surface area (Å²) in [6, 6.07) is 0. The molecule has 0 radical (unpaired) electrons. The summed E-state index contributed by atoms with van der Waals surface area (Å²) in [6.45, 7) is 11.6. The van der Waals surface area contributed by atoms with Crippen LogP contribution in [0.15, 0.2) is 17.2 Å². The summed E-state index contributed by atoms with van der Waals surface area (Å²) >= 11 is 0. The van der Waals surface area contributed by atoms with Crippen molar-refractivity contribution in [3.8, 4) is 0 Å². The predicted molar refractivity (Wildman–Crippen MR) is 59.2 cm³/mol. The number of nitrogens with one attached hydrogen (secondary N) is 1.